The maximum Gasteiger partial charge on any atom is 0.191 e. The molecule has 1 aliphatic carbocycles. The third-order valence-electron chi connectivity index (χ3n) is 5.86. The van der Waals surface area contributed by atoms with Gasteiger partial charge in [-0.1, -0.05) is 12.1 Å². The summed E-state index contributed by atoms with van der Waals surface area (Å²) >= 11 is 0. The van der Waals surface area contributed by atoms with Crippen LogP contribution in [0.25, 0.3) is 0 Å². The van der Waals surface area contributed by atoms with E-state index in [0.29, 0.717) is 25.1 Å². The van der Waals surface area contributed by atoms with E-state index in [1.807, 2.05) is 0 Å². The summed E-state index contributed by atoms with van der Waals surface area (Å²) in [5.41, 5.74) is 2.33. The monoisotopic (exact) mass is 530 g/mol. The molecule has 2 unspecified atom stereocenters. The summed E-state index contributed by atoms with van der Waals surface area (Å²) in [5.74, 6) is 2.30. The van der Waals surface area contributed by atoms with Gasteiger partial charge in [-0.15, -0.1) is 24.0 Å². The van der Waals surface area contributed by atoms with Gasteiger partial charge in [0.1, 0.15) is 5.75 Å². The van der Waals surface area contributed by atoms with Crippen LogP contribution < -0.4 is 15.4 Å². The van der Waals surface area contributed by atoms with Crippen LogP contribution in [0.15, 0.2) is 23.2 Å². The Kier molecular flexibility index (Phi) is 10.7. The highest BCUT2D eigenvalue weighted by molar-refractivity contribution is 14.0. The van der Waals surface area contributed by atoms with E-state index >= 15 is 0 Å². The van der Waals surface area contributed by atoms with Crippen molar-refractivity contribution in [3.8, 4) is 5.75 Å². The number of hydrogen-bond donors (Lipinski definition) is 2. The van der Waals surface area contributed by atoms with Crippen LogP contribution in [0.5, 0.6) is 5.75 Å². The van der Waals surface area contributed by atoms with Gasteiger partial charge in [0.15, 0.2) is 5.96 Å². The first kappa shape index (κ1) is 25.2. The van der Waals surface area contributed by atoms with Gasteiger partial charge < -0.3 is 20.1 Å². The van der Waals surface area contributed by atoms with Crippen LogP contribution in [0.3, 0.4) is 0 Å². The Morgan fingerprint density at radius 2 is 2.10 bits per heavy atom. The number of ether oxygens (including phenoxy) is 2. The zero-order valence-corrected chi connectivity index (χ0v) is 21.3. The fourth-order valence-electron chi connectivity index (χ4n) is 3.59. The minimum absolute atomic E-state index is 0. The van der Waals surface area contributed by atoms with E-state index in [9.17, 15) is 0 Å². The number of aliphatic imine (C=N–C) groups is 1. The van der Waals surface area contributed by atoms with Gasteiger partial charge in [-0.05, 0) is 58.7 Å². The molecule has 1 heterocycles. The number of guanidine groups is 1. The van der Waals surface area contributed by atoms with Gasteiger partial charge in [-0.25, -0.2) is 4.99 Å². The number of nitrogens with one attached hydrogen (secondary N) is 2. The molecule has 6 nitrogen and oxygen atoms in total. The quantitative estimate of drug-likeness (QED) is 0.275. The number of aryl methyl sites for hydroxylation is 1. The van der Waals surface area contributed by atoms with Gasteiger partial charge in [-0.2, -0.15) is 0 Å². The molecule has 1 saturated heterocycles. The van der Waals surface area contributed by atoms with Crippen molar-refractivity contribution in [2.75, 3.05) is 40.0 Å². The van der Waals surface area contributed by atoms with Crippen LogP contribution in [0.1, 0.15) is 44.2 Å². The lowest BCUT2D eigenvalue weighted by Crippen LogP contribution is -2.45. The van der Waals surface area contributed by atoms with Crippen LogP contribution >= 0.6 is 24.0 Å². The predicted molar refractivity (Wildman–Crippen MR) is 134 cm³/mol. The first-order valence-corrected chi connectivity index (χ1v) is 11.1. The van der Waals surface area contributed by atoms with E-state index in [2.05, 4.69) is 61.6 Å². The van der Waals surface area contributed by atoms with Crippen molar-refractivity contribution in [1.82, 2.24) is 15.5 Å². The molecule has 1 aromatic carbocycles. The Bertz CT molecular complexity index is 675. The van der Waals surface area contributed by atoms with E-state index in [1.54, 1.807) is 0 Å². The minimum atomic E-state index is 0. The molecule has 1 aliphatic heterocycles. The Balaban J connectivity index is 0.00000320. The zero-order valence-electron chi connectivity index (χ0n) is 18.9. The second kappa shape index (κ2) is 12.7. The largest absolute Gasteiger partial charge is 0.493 e. The highest BCUT2D eigenvalue weighted by atomic mass is 127. The molecular formula is C23H39IN4O2. The molecule has 0 amide bonds. The highest BCUT2D eigenvalue weighted by Crippen LogP contribution is 2.26. The van der Waals surface area contributed by atoms with Gasteiger partial charge in [0.2, 0.25) is 0 Å². The number of hydrogen-bond acceptors (Lipinski definition) is 4. The van der Waals surface area contributed by atoms with Gasteiger partial charge in [-0.3, -0.25) is 4.90 Å². The van der Waals surface area contributed by atoms with E-state index in [4.69, 9.17) is 14.5 Å². The fourth-order valence-corrected chi connectivity index (χ4v) is 3.59. The molecule has 2 N–H and O–H groups in total. The van der Waals surface area contributed by atoms with Crippen molar-refractivity contribution in [2.45, 2.75) is 58.7 Å². The summed E-state index contributed by atoms with van der Waals surface area (Å²) in [6, 6.07) is 7.63. The first-order chi connectivity index (χ1) is 14.1. The molecule has 3 rings (SSSR count). The zero-order chi connectivity index (χ0) is 20.6. The SMILES string of the molecule is CCNC(=NCc1ccc(C)cc1OCC1CCOC1)NCC(C)N(C)C1CC1.I. The molecule has 2 atom stereocenters. The smallest absolute Gasteiger partial charge is 0.191 e. The lowest BCUT2D eigenvalue weighted by Gasteiger charge is -2.25. The standard InChI is InChI=1S/C23H38N4O2.HI/c1-5-24-23(25-13-18(3)27(4)21-8-9-21)26-14-20-7-6-17(2)12-22(20)29-16-19-10-11-28-15-19;/h6-7,12,18-19,21H,5,8-11,13-16H2,1-4H3,(H2,24,25,26);1H. The highest BCUT2D eigenvalue weighted by Gasteiger charge is 2.29. The maximum atomic E-state index is 6.16. The van der Waals surface area contributed by atoms with Gasteiger partial charge >= 0.3 is 0 Å². The molecule has 2 aliphatic rings. The third-order valence-corrected chi connectivity index (χ3v) is 5.86. The summed E-state index contributed by atoms with van der Waals surface area (Å²) in [6.07, 6.45) is 3.75. The number of benzene rings is 1. The van der Waals surface area contributed by atoms with Crippen molar-refractivity contribution in [3.05, 3.63) is 29.3 Å². The van der Waals surface area contributed by atoms with Crippen LogP contribution in [0.2, 0.25) is 0 Å². The maximum absolute atomic E-state index is 6.16. The topological polar surface area (TPSA) is 58.1 Å². The number of rotatable bonds is 10. The number of halogens is 1. The molecule has 170 valence electrons. The molecule has 0 aromatic heterocycles. The van der Waals surface area contributed by atoms with Crippen molar-refractivity contribution < 1.29 is 9.47 Å². The number of likely N-dealkylation sites (N-methyl/N-ethyl adjacent to an activating group) is 1. The minimum Gasteiger partial charge on any atom is -0.493 e. The summed E-state index contributed by atoms with van der Waals surface area (Å²) in [7, 11) is 2.22. The molecule has 1 saturated carbocycles. The van der Waals surface area contributed by atoms with E-state index < -0.39 is 0 Å². The van der Waals surface area contributed by atoms with Crippen LogP contribution in [0.4, 0.5) is 0 Å². The molecule has 30 heavy (non-hydrogen) atoms. The molecule has 0 radical (unpaired) electrons. The van der Waals surface area contributed by atoms with Crippen molar-refractivity contribution >= 4 is 29.9 Å². The molecule has 0 bridgehead atoms. The van der Waals surface area contributed by atoms with Crippen molar-refractivity contribution in [1.29, 1.82) is 0 Å². The molecule has 1 aromatic rings. The van der Waals surface area contributed by atoms with E-state index in [1.165, 1.54) is 18.4 Å². The molecule has 7 heteroatoms. The average Bonchev–Trinajstić information content (AvgIpc) is 3.44. The molecule has 0 spiro atoms. The normalized spacial score (nSPS) is 20.0. The second-order valence-electron chi connectivity index (χ2n) is 8.47. The third kappa shape index (κ3) is 7.89. The van der Waals surface area contributed by atoms with Crippen molar-refractivity contribution in [3.63, 3.8) is 0 Å². The Labute approximate surface area is 199 Å². The van der Waals surface area contributed by atoms with Gasteiger partial charge in [0.05, 0.1) is 19.8 Å². The Hall–Kier alpha value is -1.06. The predicted octanol–water partition coefficient (Wildman–Crippen LogP) is 3.57. The summed E-state index contributed by atoms with van der Waals surface area (Å²) in [5, 5.41) is 6.86. The van der Waals surface area contributed by atoms with Gasteiger partial charge in [0, 0.05) is 43.3 Å². The Morgan fingerprint density at radius 1 is 1.30 bits per heavy atom. The van der Waals surface area contributed by atoms with Crippen molar-refractivity contribution in [2.24, 2.45) is 10.9 Å². The Morgan fingerprint density at radius 3 is 2.77 bits per heavy atom. The fraction of sp³-hybridized carbons (Fsp3) is 0.696. The van der Waals surface area contributed by atoms with Gasteiger partial charge in [0.25, 0.3) is 0 Å². The summed E-state index contributed by atoms with van der Waals surface area (Å²) in [6.45, 7) is 11.2. The lowest BCUT2D eigenvalue weighted by atomic mass is 10.1. The second-order valence-corrected chi connectivity index (χ2v) is 8.47. The van der Waals surface area contributed by atoms with E-state index in [-0.39, 0.29) is 24.0 Å². The van der Waals surface area contributed by atoms with Crippen LogP contribution in [0, 0.1) is 12.8 Å². The van der Waals surface area contributed by atoms with Crippen LogP contribution in [-0.4, -0.2) is 62.9 Å². The summed E-state index contributed by atoms with van der Waals surface area (Å²) in [4.78, 5) is 7.28. The van der Waals surface area contributed by atoms with E-state index in [0.717, 1.165) is 56.0 Å². The first-order valence-electron chi connectivity index (χ1n) is 11.1. The average molecular weight is 530 g/mol. The summed E-state index contributed by atoms with van der Waals surface area (Å²) < 4.78 is 11.6. The lowest BCUT2D eigenvalue weighted by molar-refractivity contribution is 0.166. The molecule has 2 fully saturated rings. The number of nitrogens with zero attached hydrogens (tertiary/aromatic N) is 2. The molecular weight excluding hydrogens is 491 g/mol. The van der Waals surface area contributed by atoms with Crippen LogP contribution in [-0.2, 0) is 11.3 Å².